The van der Waals surface area contributed by atoms with Crippen LogP contribution >= 0.6 is 11.8 Å². The highest BCUT2D eigenvalue weighted by Gasteiger charge is 2.03. The van der Waals surface area contributed by atoms with Crippen LogP contribution in [0.3, 0.4) is 0 Å². The summed E-state index contributed by atoms with van der Waals surface area (Å²) in [6.45, 7) is 3.75. The highest BCUT2D eigenvalue weighted by Crippen LogP contribution is 2.12. The van der Waals surface area contributed by atoms with E-state index in [0.717, 1.165) is 17.7 Å². The van der Waals surface area contributed by atoms with Crippen molar-refractivity contribution in [2.24, 2.45) is 0 Å². The van der Waals surface area contributed by atoms with Crippen molar-refractivity contribution in [2.75, 3.05) is 13.4 Å². The number of methoxy groups -OCH3 is 1. The first-order valence-corrected chi connectivity index (χ1v) is 7.64. The molecule has 3 heteroatoms. The molecule has 0 saturated carbocycles. The van der Waals surface area contributed by atoms with Crippen molar-refractivity contribution in [3.05, 3.63) is 71.2 Å². The molecule has 0 aliphatic rings. The number of esters is 1. The van der Waals surface area contributed by atoms with Crippen LogP contribution in [-0.2, 0) is 11.2 Å². The van der Waals surface area contributed by atoms with Gasteiger partial charge in [0.15, 0.2) is 0 Å². The van der Waals surface area contributed by atoms with Gasteiger partial charge in [0.1, 0.15) is 0 Å². The smallest absolute Gasteiger partial charge is 0.337 e. The largest absolute Gasteiger partial charge is 0.465 e. The van der Waals surface area contributed by atoms with Gasteiger partial charge in [0.25, 0.3) is 0 Å². The number of carbonyl (C=O) groups is 1. The molecule has 1 aromatic carbocycles. The number of hydrogen-bond donors (Lipinski definition) is 0. The molecule has 0 atom stereocenters. The average Bonchev–Trinajstić information content (AvgIpc) is 2.50. The van der Waals surface area contributed by atoms with Gasteiger partial charge in [-0.15, -0.1) is 11.8 Å². The average molecular weight is 288 g/mol. The number of allylic oxidation sites excluding steroid dienone is 4. The highest BCUT2D eigenvalue weighted by molar-refractivity contribution is 8.02. The summed E-state index contributed by atoms with van der Waals surface area (Å²) in [5.41, 5.74) is 1.80. The van der Waals surface area contributed by atoms with Gasteiger partial charge in [0.05, 0.1) is 12.7 Å². The number of thioether (sulfide) groups is 1. The van der Waals surface area contributed by atoms with E-state index >= 15 is 0 Å². The third kappa shape index (κ3) is 5.49. The molecular formula is C17H20O2S. The van der Waals surface area contributed by atoms with E-state index < -0.39 is 0 Å². The lowest BCUT2D eigenvalue weighted by atomic mass is 10.1. The van der Waals surface area contributed by atoms with Crippen LogP contribution < -0.4 is 0 Å². The van der Waals surface area contributed by atoms with E-state index in [-0.39, 0.29) is 5.97 Å². The highest BCUT2D eigenvalue weighted by atomic mass is 32.2. The fourth-order valence-corrected chi connectivity index (χ4v) is 2.04. The second-order valence-electron chi connectivity index (χ2n) is 4.13. The molecule has 1 rings (SSSR count). The van der Waals surface area contributed by atoms with Crippen molar-refractivity contribution >= 4 is 17.7 Å². The maximum absolute atomic E-state index is 11.3. The van der Waals surface area contributed by atoms with Gasteiger partial charge in [-0.2, -0.15) is 0 Å². The Bertz CT molecular complexity index is 498. The second kappa shape index (κ2) is 9.21. The summed E-state index contributed by atoms with van der Waals surface area (Å²) in [6.07, 6.45) is 12.0. The lowest BCUT2D eigenvalue weighted by Gasteiger charge is -2.01. The van der Waals surface area contributed by atoms with Crippen LogP contribution in [0.1, 0.15) is 22.3 Å². The van der Waals surface area contributed by atoms with Crippen LogP contribution in [0.2, 0.25) is 0 Å². The Hall–Kier alpha value is -1.74. The van der Waals surface area contributed by atoms with E-state index in [1.165, 1.54) is 12.7 Å². The Morgan fingerprint density at radius 1 is 1.35 bits per heavy atom. The zero-order valence-electron chi connectivity index (χ0n) is 12.0. The van der Waals surface area contributed by atoms with Crippen LogP contribution in [0.4, 0.5) is 0 Å². The minimum Gasteiger partial charge on any atom is -0.465 e. The fourth-order valence-electron chi connectivity index (χ4n) is 1.65. The fraction of sp³-hybridized carbons (Fsp3) is 0.235. The van der Waals surface area contributed by atoms with Crippen LogP contribution in [-0.4, -0.2) is 19.3 Å². The molecule has 0 heterocycles. The molecule has 20 heavy (non-hydrogen) atoms. The summed E-state index contributed by atoms with van der Waals surface area (Å²) in [7, 11) is 1.39. The van der Waals surface area contributed by atoms with Gasteiger partial charge in [-0.1, -0.05) is 36.9 Å². The van der Waals surface area contributed by atoms with Gasteiger partial charge in [0, 0.05) is 4.91 Å². The predicted octanol–water partition coefficient (Wildman–Crippen LogP) is 4.39. The number of ether oxygens (including phenoxy) is 1. The third-order valence-electron chi connectivity index (χ3n) is 2.81. The zero-order valence-corrected chi connectivity index (χ0v) is 12.8. The topological polar surface area (TPSA) is 26.3 Å². The van der Waals surface area contributed by atoms with Crippen LogP contribution in [0.5, 0.6) is 0 Å². The molecule has 0 fully saturated rings. The molecule has 0 unspecified atom stereocenters. The van der Waals surface area contributed by atoms with Crippen molar-refractivity contribution in [3.8, 4) is 0 Å². The Labute approximate surface area is 125 Å². The lowest BCUT2D eigenvalue weighted by molar-refractivity contribution is 0.0600. The van der Waals surface area contributed by atoms with Gasteiger partial charge in [0.2, 0.25) is 0 Å². The minimum atomic E-state index is -0.296. The van der Waals surface area contributed by atoms with Crippen molar-refractivity contribution in [1.29, 1.82) is 0 Å². The molecular weight excluding hydrogens is 268 g/mol. The molecule has 106 valence electrons. The summed E-state index contributed by atoms with van der Waals surface area (Å²) < 4.78 is 4.67. The van der Waals surface area contributed by atoms with E-state index in [0.29, 0.717) is 5.56 Å². The molecule has 0 spiro atoms. The van der Waals surface area contributed by atoms with E-state index in [1.54, 1.807) is 23.9 Å². The summed E-state index contributed by atoms with van der Waals surface area (Å²) in [5, 5.41) is 0. The van der Waals surface area contributed by atoms with Gasteiger partial charge in [-0.25, -0.2) is 4.79 Å². The van der Waals surface area contributed by atoms with Gasteiger partial charge in [-0.3, -0.25) is 0 Å². The summed E-state index contributed by atoms with van der Waals surface area (Å²) in [6, 6.07) is 7.53. The molecule has 0 radical (unpaired) electrons. The standard InChI is InChI=1S/C17H20O2S/c1-4-16(20-3)9-7-5-6-8-14-10-12-15(13-11-14)17(18)19-2/h4-5,7,9-13H,1,6,8H2,2-3H3/b7-5-,16-9+. The molecule has 0 bridgehead atoms. The van der Waals surface area contributed by atoms with Crippen molar-refractivity contribution in [3.63, 3.8) is 0 Å². The SMILES string of the molecule is C=C/C(=C\C=C/CCc1ccc(C(=O)OC)cc1)SC. The van der Waals surface area contributed by atoms with Crippen LogP contribution in [0.25, 0.3) is 0 Å². The quantitative estimate of drug-likeness (QED) is 0.549. The third-order valence-corrected chi connectivity index (χ3v) is 3.58. The lowest BCUT2D eigenvalue weighted by Crippen LogP contribution is -2.00. The van der Waals surface area contributed by atoms with Gasteiger partial charge in [-0.05, 0) is 42.9 Å². The molecule has 0 aromatic heterocycles. The van der Waals surface area contributed by atoms with E-state index in [2.05, 4.69) is 29.5 Å². The molecule has 0 amide bonds. The normalized spacial score (nSPS) is 11.6. The number of hydrogen-bond acceptors (Lipinski definition) is 3. The molecule has 0 aliphatic heterocycles. The Morgan fingerprint density at radius 2 is 2.05 bits per heavy atom. The van der Waals surface area contributed by atoms with Crippen molar-refractivity contribution in [1.82, 2.24) is 0 Å². The minimum absolute atomic E-state index is 0.296. The first-order valence-electron chi connectivity index (χ1n) is 6.41. The number of rotatable bonds is 7. The Morgan fingerprint density at radius 3 is 2.60 bits per heavy atom. The number of benzene rings is 1. The maximum atomic E-state index is 11.3. The zero-order chi connectivity index (χ0) is 14.8. The van der Waals surface area contributed by atoms with Gasteiger partial charge < -0.3 is 4.74 Å². The first-order chi connectivity index (χ1) is 9.71. The van der Waals surface area contributed by atoms with E-state index in [4.69, 9.17) is 0 Å². The second-order valence-corrected chi connectivity index (χ2v) is 5.01. The van der Waals surface area contributed by atoms with Crippen molar-refractivity contribution in [2.45, 2.75) is 12.8 Å². The van der Waals surface area contributed by atoms with E-state index in [9.17, 15) is 4.79 Å². The first kappa shape index (κ1) is 16.3. The monoisotopic (exact) mass is 288 g/mol. The molecule has 0 aliphatic carbocycles. The van der Waals surface area contributed by atoms with Crippen molar-refractivity contribution < 1.29 is 9.53 Å². The Balaban J connectivity index is 2.46. The summed E-state index contributed by atoms with van der Waals surface area (Å²) >= 11 is 1.68. The number of aryl methyl sites for hydroxylation is 1. The summed E-state index contributed by atoms with van der Waals surface area (Å²) in [5.74, 6) is -0.296. The summed E-state index contributed by atoms with van der Waals surface area (Å²) in [4.78, 5) is 12.5. The van der Waals surface area contributed by atoms with E-state index in [1.807, 2.05) is 24.5 Å². The molecule has 0 saturated heterocycles. The van der Waals surface area contributed by atoms with Crippen LogP contribution in [0, 0.1) is 0 Å². The molecule has 2 nitrogen and oxygen atoms in total. The van der Waals surface area contributed by atoms with Crippen LogP contribution in [0.15, 0.2) is 60.1 Å². The molecule has 1 aromatic rings. The Kier molecular flexibility index (Phi) is 7.51. The predicted molar refractivity (Wildman–Crippen MR) is 87.0 cm³/mol. The maximum Gasteiger partial charge on any atom is 0.337 e. The molecule has 0 N–H and O–H groups in total. The number of carbonyl (C=O) groups excluding carboxylic acids is 1. The van der Waals surface area contributed by atoms with Gasteiger partial charge >= 0.3 is 5.97 Å².